The summed E-state index contributed by atoms with van der Waals surface area (Å²) in [5.41, 5.74) is 2.21. The predicted octanol–water partition coefficient (Wildman–Crippen LogP) is 4.07. The zero-order chi connectivity index (χ0) is 18.3. The Morgan fingerprint density at radius 1 is 1.31 bits per heavy atom. The minimum atomic E-state index is -0.512. The van der Waals surface area contributed by atoms with Crippen molar-refractivity contribution in [1.82, 2.24) is 0 Å². The van der Waals surface area contributed by atoms with Crippen LogP contribution < -0.4 is 9.47 Å². The molecule has 1 unspecified atom stereocenters. The van der Waals surface area contributed by atoms with E-state index in [-0.39, 0.29) is 11.5 Å². The summed E-state index contributed by atoms with van der Waals surface area (Å²) in [6.45, 7) is 4.35. The van der Waals surface area contributed by atoms with Crippen molar-refractivity contribution in [3.05, 3.63) is 50.9 Å². The smallest absolute Gasteiger partial charge is 0.340 e. The van der Waals surface area contributed by atoms with Gasteiger partial charge in [-0.2, -0.15) is 0 Å². The molecule has 0 spiro atoms. The average Bonchev–Trinajstić information content (AvgIpc) is 3.34. The monoisotopic (exact) mass is 370 g/mol. The Kier molecular flexibility index (Phi) is 4.38. The van der Waals surface area contributed by atoms with E-state index in [4.69, 9.17) is 14.2 Å². The van der Waals surface area contributed by atoms with Gasteiger partial charge in [-0.15, -0.1) is 11.3 Å². The van der Waals surface area contributed by atoms with Gasteiger partial charge < -0.3 is 14.2 Å². The van der Waals surface area contributed by atoms with Crippen LogP contribution in [-0.2, 0) is 9.53 Å². The van der Waals surface area contributed by atoms with E-state index in [0.29, 0.717) is 35.7 Å². The Hall–Kier alpha value is -2.44. The number of ether oxygens (including phenoxy) is 3. The third-order valence-electron chi connectivity index (χ3n) is 4.60. The van der Waals surface area contributed by atoms with Gasteiger partial charge >= 0.3 is 5.97 Å². The SMILES string of the molecule is Cc1ccsc1/C=C1\Oc2c(ccc(OC(=O)C3CCCO3)c2C)C1=O. The van der Waals surface area contributed by atoms with Crippen molar-refractivity contribution in [1.29, 1.82) is 0 Å². The molecule has 2 aliphatic rings. The van der Waals surface area contributed by atoms with Crippen molar-refractivity contribution < 1.29 is 23.8 Å². The highest BCUT2D eigenvalue weighted by molar-refractivity contribution is 7.11. The second kappa shape index (κ2) is 6.70. The minimum Gasteiger partial charge on any atom is -0.452 e. The molecule has 0 aliphatic carbocycles. The summed E-state index contributed by atoms with van der Waals surface area (Å²) < 4.78 is 16.7. The molecule has 2 aromatic rings. The highest BCUT2D eigenvalue weighted by Gasteiger charge is 2.32. The van der Waals surface area contributed by atoms with Gasteiger partial charge in [-0.25, -0.2) is 4.79 Å². The second-order valence-electron chi connectivity index (χ2n) is 6.40. The maximum Gasteiger partial charge on any atom is 0.340 e. The van der Waals surface area contributed by atoms with Gasteiger partial charge in [0.2, 0.25) is 5.78 Å². The third-order valence-corrected chi connectivity index (χ3v) is 5.57. The van der Waals surface area contributed by atoms with Crippen molar-refractivity contribution in [2.24, 2.45) is 0 Å². The summed E-state index contributed by atoms with van der Waals surface area (Å²) in [4.78, 5) is 25.8. The third kappa shape index (κ3) is 2.95. The van der Waals surface area contributed by atoms with Gasteiger partial charge in [0.05, 0.1) is 5.56 Å². The molecule has 6 heteroatoms. The first-order chi connectivity index (χ1) is 12.5. The van der Waals surface area contributed by atoms with E-state index in [1.54, 1.807) is 36.5 Å². The van der Waals surface area contributed by atoms with Gasteiger partial charge in [-0.05, 0) is 55.8 Å². The number of rotatable bonds is 3. The van der Waals surface area contributed by atoms with E-state index in [2.05, 4.69) is 0 Å². The first kappa shape index (κ1) is 17.0. The summed E-state index contributed by atoms with van der Waals surface area (Å²) in [6, 6.07) is 5.28. The summed E-state index contributed by atoms with van der Waals surface area (Å²) in [5, 5.41) is 1.97. The molecule has 5 nitrogen and oxygen atoms in total. The summed E-state index contributed by atoms with van der Waals surface area (Å²) in [7, 11) is 0. The van der Waals surface area contributed by atoms with Crippen molar-refractivity contribution in [2.45, 2.75) is 32.8 Å². The Bertz CT molecular complexity index is 918. The lowest BCUT2D eigenvalue weighted by Gasteiger charge is -2.12. The molecule has 1 atom stereocenters. The molecular formula is C20H18O5S. The fourth-order valence-corrected chi connectivity index (χ4v) is 3.92. The Balaban J connectivity index is 1.60. The molecule has 26 heavy (non-hydrogen) atoms. The number of aryl methyl sites for hydroxylation is 1. The quantitative estimate of drug-likeness (QED) is 0.463. The highest BCUT2D eigenvalue weighted by atomic mass is 32.1. The fourth-order valence-electron chi connectivity index (χ4n) is 3.07. The highest BCUT2D eigenvalue weighted by Crippen LogP contribution is 2.40. The van der Waals surface area contributed by atoms with Crippen LogP contribution in [0.15, 0.2) is 29.3 Å². The van der Waals surface area contributed by atoms with Gasteiger partial charge in [0, 0.05) is 23.1 Å². The lowest BCUT2D eigenvalue weighted by atomic mass is 10.1. The van der Waals surface area contributed by atoms with Gasteiger partial charge in [0.15, 0.2) is 11.9 Å². The molecule has 4 rings (SSSR count). The normalized spacial score (nSPS) is 20.3. The molecule has 1 fully saturated rings. The van der Waals surface area contributed by atoms with E-state index in [1.165, 1.54) is 0 Å². The lowest BCUT2D eigenvalue weighted by molar-refractivity contribution is -0.144. The van der Waals surface area contributed by atoms with Gasteiger partial charge in [-0.1, -0.05) is 0 Å². The Morgan fingerprint density at radius 3 is 2.85 bits per heavy atom. The van der Waals surface area contributed by atoms with Gasteiger partial charge in [0.25, 0.3) is 0 Å². The molecule has 3 heterocycles. The molecule has 1 saturated heterocycles. The maximum absolute atomic E-state index is 12.6. The largest absolute Gasteiger partial charge is 0.452 e. The fraction of sp³-hybridized carbons (Fsp3) is 0.300. The number of Topliss-reactive ketones (excluding diaryl/α,β-unsaturated/α-hetero) is 1. The van der Waals surface area contributed by atoms with E-state index < -0.39 is 12.1 Å². The van der Waals surface area contributed by atoms with Crippen molar-refractivity contribution in [3.63, 3.8) is 0 Å². The molecule has 1 aromatic carbocycles. The maximum atomic E-state index is 12.6. The molecule has 0 radical (unpaired) electrons. The molecule has 1 aromatic heterocycles. The van der Waals surface area contributed by atoms with E-state index in [1.807, 2.05) is 18.4 Å². The van der Waals surface area contributed by atoms with E-state index in [9.17, 15) is 9.59 Å². The number of ketones is 1. The van der Waals surface area contributed by atoms with Crippen LogP contribution in [-0.4, -0.2) is 24.5 Å². The van der Waals surface area contributed by atoms with Gasteiger partial charge in [-0.3, -0.25) is 4.79 Å². The second-order valence-corrected chi connectivity index (χ2v) is 7.34. The number of hydrogen-bond donors (Lipinski definition) is 0. The zero-order valence-electron chi connectivity index (χ0n) is 14.5. The molecule has 0 bridgehead atoms. The standard InChI is InChI=1S/C20H18O5S/c1-11-7-9-26-17(11)10-16-18(21)13-5-6-14(12(2)19(13)24-16)25-20(22)15-4-3-8-23-15/h5-7,9-10,15H,3-4,8H2,1-2H3/b16-10-. The molecule has 0 amide bonds. The lowest BCUT2D eigenvalue weighted by Crippen LogP contribution is -2.25. The number of fused-ring (bicyclic) bond motifs is 1. The predicted molar refractivity (Wildman–Crippen MR) is 97.8 cm³/mol. The van der Waals surface area contributed by atoms with Crippen LogP contribution in [0, 0.1) is 13.8 Å². The van der Waals surface area contributed by atoms with Crippen LogP contribution in [0.1, 0.15) is 39.2 Å². The first-order valence-electron chi connectivity index (χ1n) is 8.50. The topological polar surface area (TPSA) is 61.8 Å². The summed E-state index contributed by atoms with van der Waals surface area (Å²) in [6.07, 6.45) is 2.78. The number of esters is 1. The molecule has 0 saturated carbocycles. The minimum absolute atomic E-state index is 0.159. The number of benzene rings is 1. The van der Waals surface area contributed by atoms with Crippen molar-refractivity contribution >= 4 is 29.2 Å². The van der Waals surface area contributed by atoms with Crippen LogP contribution in [0.3, 0.4) is 0 Å². The van der Waals surface area contributed by atoms with Crippen LogP contribution >= 0.6 is 11.3 Å². The number of thiophene rings is 1. The van der Waals surface area contributed by atoms with Crippen molar-refractivity contribution in [2.75, 3.05) is 6.61 Å². The number of carbonyl (C=O) groups is 2. The first-order valence-corrected chi connectivity index (χ1v) is 9.38. The number of allylic oxidation sites excluding steroid dienone is 1. The Labute approximate surface area is 155 Å². The number of hydrogen-bond acceptors (Lipinski definition) is 6. The molecular weight excluding hydrogens is 352 g/mol. The van der Waals surface area contributed by atoms with Crippen molar-refractivity contribution in [3.8, 4) is 11.5 Å². The van der Waals surface area contributed by atoms with Crippen LogP contribution in [0.25, 0.3) is 6.08 Å². The van der Waals surface area contributed by atoms with Crippen LogP contribution in [0.4, 0.5) is 0 Å². The molecule has 134 valence electrons. The zero-order valence-corrected chi connectivity index (χ0v) is 15.4. The average molecular weight is 370 g/mol. The van der Waals surface area contributed by atoms with E-state index in [0.717, 1.165) is 16.9 Å². The Morgan fingerprint density at radius 2 is 2.15 bits per heavy atom. The number of carbonyl (C=O) groups excluding carboxylic acids is 2. The van der Waals surface area contributed by atoms with Crippen LogP contribution in [0.2, 0.25) is 0 Å². The van der Waals surface area contributed by atoms with Crippen LogP contribution in [0.5, 0.6) is 11.5 Å². The molecule has 2 aliphatic heterocycles. The summed E-state index contributed by atoms with van der Waals surface area (Å²) in [5.74, 6) is 0.572. The van der Waals surface area contributed by atoms with Gasteiger partial charge in [0.1, 0.15) is 11.5 Å². The molecule has 0 N–H and O–H groups in total. The van der Waals surface area contributed by atoms with E-state index >= 15 is 0 Å². The summed E-state index contributed by atoms with van der Waals surface area (Å²) >= 11 is 1.56.